The first-order chi connectivity index (χ1) is 9.19. The molecule has 19 heavy (non-hydrogen) atoms. The Bertz CT molecular complexity index is 432. The Hall–Kier alpha value is -1.78. The van der Waals surface area contributed by atoms with Gasteiger partial charge >= 0.3 is 6.09 Å². The third-order valence-corrected chi connectivity index (χ3v) is 3.19. The largest absolute Gasteiger partial charge is 0.450 e. The molecule has 1 aromatic heterocycles. The average molecular weight is 263 g/mol. The number of anilines is 1. The Morgan fingerprint density at radius 2 is 2.37 bits per heavy atom. The summed E-state index contributed by atoms with van der Waals surface area (Å²) in [4.78, 5) is 15.7. The second kappa shape index (κ2) is 6.41. The fraction of sp³-hybridized carbons (Fsp3) is 0.571. The molecule has 1 atom stereocenters. The summed E-state index contributed by atoms with van der Waals surface area (Å²) in [5.41, 5.74) is 1.17. The van der Waals surface area contributed by atoms with Gasteiger partial charge in [0.1, 0.15) is 5.82 Å². The zero-order valence-electron chi connectivity index (χ0n) is 11.5. The highest BCUT2D eigenvalue weighted by atomic mass is 16.5. The fourth-order valence-electron chi connectivity index (χ4n) is 2.01. The molecule has 0 unspecified atom stereocenters. The van der Waals surface area contributed by atoms with E-state index in [1.807, 2.05) is 19.1 Å². The van der Waals surface area contributed by atoms with E-state index < -0.39 is 0 Å². The molecule has 1 aliphatic carbocycles. The lowest BCUT2D eigenvalue weighted by Gasteiger charge is -2.18. The lowest BCUT2D eigenvalue weighted by Crippen LogP contribution is -2.41. The molecule has 2 rings (SSSR count). The normalized spacial score (nSPS) is 15.7. The van der Waals surface area contributed by atoms with Crippen molar-refractivity contribution < 1.29 is 9.53 Å². The summed E-state index contributed by atoms with van der Waals surface area (Å²) in [6.07, 6.45) is 3.78. The van der Waals surface area contributed by atoms with Crippen molar-refractivity contribution in [3.8, 4) is 0 Å². The standard InChI is InChI=1S/C14H21N3O2/c1-3-19-14(18)17-12(11-4-5-11)9-16-13-8-10(2)6-7-15-13/h6-8,11-12H,3-5,9H2,1-2H3,(H,15,16)(H,17,18)/t12-/m0/s1. The molecule has 5 heteroatoms. The number of alkyl carbamates (subject to hydrolysis) is 1. The van der Waals surface area contributed by atoms with Gasteiger partial charge in [-0.15, -0.1) is 0 Å². The summed E-state index contributed by atoms with van der Waals surface area (Å²) in [7, 11) is 0. The van der Waals surface area contributed by atoms with Gasteiger partial charge in [0.25, 0.3) is 0 Å². The maximum Gasteiger partial charge on any atom is 0.407 e. The predicted molar refractivity (Wildman–Crippen MR) is 74.1 cm³/mol. The molecule has 0 radical (unpaired) electrons. The molecule has 1 saturated carbocycles. The number of amides is 1. The third-order valence-electron chi connectivity index (χ3n) is 3.19. The van der Waals surface area contributed by atoms with Crippen molar-refractivity contribution in [3.63, 3.8) is 0 Å². The Kier molecular flexibility index (Phi) is 4.60. The highest BCUT2D eigenvalue weighted by Gasteiger charge is 2.32. The highest BCUT2D eigenvalue weighted by Crippen LogP contribution is 2.32. The fourth-order valence-corrected chi connectivity index (χ4v) is 2.01. The lowest BCUT2D eigenvalue weighted by atomic mass is 10.2. The molecule has 1 heterocycles. The van der Waals surface area contributed by atoms with Crippen LogP contribution in [0.2, 0.25) is 0 Å². The van der Waals surface area contributed by atoms with E-state index >= 15 is 0 Å². The molecule has 0 saturated heterocycles. The molecule has 0 aliphatic heterocycles. The highest BCUT2D eigenvalue weighted by molar-refractivity contribution is 5.67. The van der Waals surface area contributed by atoms with E-state index in [0.717, 1.165) is 5.82 Å². The number of pyridine rings is 1. The van der Waals surface area contributed by atoms with Crippen LogP contribution >= 0.6 is 0 Å². The molecule has 1 amide bonds. The molecule has 1 aromatic rings. The van der Waals surface area contributed by atoms with Crippen LogP contribution in [0.3, 0.4) is 0 Å². The zero-order valence-corrected chi connectivity index (χ0v) is 11.5. The average Bonchev–Trinajstić information content (AvgIpc) is 3.19. The number of carbonyl (C=O) groups excluding carboxylic acids is 1. The molecule has 1 fully saturated rings. The van der Waals surface area contributed by atoms with Crippen LogP contribution < -0.4 is 10.6 Å². The lowest BCUT2D eigenvalue weighted by molar-refractivity contribution is 0.147. The number of aromatic nitrogens is 1. The maximum absolute atomic E-state index is 11.5. The summed E-state index contributed by atoms with van der Waals surface area (Å²) in [6.45, 7) is 4.92. The van der Waals surface area contributed by atoms with Crippen molar-refractivity contribution in [3.05, 3.63) is 23.9 Å². The van der Waals surface area contributed by atoms with Crippen molar-refractivity contribution in [2.24, 2.45) is 5.92 Å². The predicted octanol–water partition coefficient (Wildman–Crippen LogP) is 2.33. The zero-order chi connectivity index (χ0) is 13.7. The maximum atomic E-state index is 11.5. The van der Waals surface area contributed by atoms with Gasteiger partial charge in [-0.3, -0.25) is 0 Å². The molecule has 104 valence electrons. The molecule has 2 N–H and O–H groups in total. The van der Waals surface area contributed by atoms with Gasteiger partial charge in [-0.05, 0) is 50.3 Å². The van der Waals surface area contributed by atoms with Crippen molar-refractivity contribution in [2.45, 2.75) is 32.7 Å². The quantitative estimate of drug-likeness (QED) is 0.827. The van der Waals surface area contributed by atoms with E-state index in [-0.39, 0.29) is 12.1 Å². The van der Waals surface area contributed by atoms with Gasteiger partial charge in [-0.2, -0.15) is 0 Å². The topological polar surface area (TPSA) is 63.2 Å². The van der Waals surface area contributed by atoms with Gasteiger partial charge in [-0.1, -0.05) is 0 Å². The molecular weight excluding hydrogens is 242 g/mol. The molecule has 1 aliphatic rings. The SMILES string of the molecule is CCOC(=O)N[C@@H](CNc1cc(C)ccn1)C1CC1. The van der Waals surface area contributed by atoms with Gasteiger partial charge < -0.3 is 15.4 Å². The number of hydrogen-bond donors (Lipinski definition) is 2. The van der Waals surface area contributed by atoms with E-state index in [4.69, 9.17) is 4.74 Å². The van der Waals surface area contributed by atoms with Gasteiger partial charge in [0, 0.05) is 12.7 Å². The molecule has 0 spiro atoms. The number of nitrogens with one attached hydrogen (secondary N) is 2. The summed E-state index contributed by atoms with van der Waals surface area (Å²) in [5, 5.41) is 6.19. The van der Waals surface area contributed by atoms with Crippen LogP contribution in [-0.2, 0) is 4.74 Å². The van der Waals surface area contributed by atoms with Crippen LogP contribution in [-0.4, -0.2) is 30.3 Å². The monoisotopic (exact) mass is 263 g/mol. The Balaban J connectivity index is 1.85. The number of carbonyl (C=O) groups is 1. The Labute approximate surface area is 113 Å². The minimum absolute atomic E-state index is 0.112. The summed E-state index contributed by atoms with van der Waals surface area (Å²) < 4.78 is 4.93. The summed E-state index contributed by atoms with van der Waals surface area (Å²) in [6, 6.07) is 4.07. The van der Waals surface area contributed by atoms with Gasteiger partial charge in [0.05, 0.1) is 12.6 Å². The van der Waals surface area contributed by atoms with Crippen molar-refractivity contribution >= 4 is 11.9 Å². The van der Waals surface area contributed by atoms with Crippen LogP contribution in [0.15, 0.2) is 18.3 Å². The minimum Gasteiger partial charge on any atom is -0.450 e. The first-order valence-electron chi connectivity index (χ1n) is 6.79. The summed E-state index contributed by atoms with van der Waals surface area (Å²) in [5.74, 6) is 1.40. The van der Waals surface area contributed by atoms with Gasteiger partial charge in [-0.25, -0.2) is 9.78 Å². The first kappa shape index (κ1) is 13.6. The molecular formula is C14H21N3O2. The minimum atomic E-state index is -0.335. The number of nitrogens with zero attached hydrogens (tertiary/aromatic N) is 1. The van der Waals surface area contributed by atoms with Crippen LogP contribution in [0, 0.1) is 12.8 Å². The van der Waals surface area contributed by atoms with Gasteiger partial charge in [0.2, 0.25) is 0 Å². The van der Waals surface area contributed by atoms with E-state index in [9.17, 15) is 4.79 Å². The number of rotatable bonds is 6. The van der Waals surface area contributed by atoms with Crippen LogP contribution in [0.25, 0.3) is 0 Å². The van der Waals surface area contributed by atoms with Crippen molar-refractivity contribution in [1.29, 1.82) is 0 Å². The smallest absolute Gasteiger partial charge is 0.407 e. The Morgan fingerprint density at radius 1 is 1.58 bits per heavy atom. The van der Waals surface area contributed by atoms with Crippen molar-refractivity contribution in [1.82, 2.24) is 10.3 Å². The van der Waals surface area contributed by atoms with E-state index in [1.54, 1.807) is 13.1 Å². The number of hydrogen-bond acceptors (Lipinski definition) is 4. The third kappa shape index (κ3) is 4.43. The van der Waals surface area contributed by atoms with Crippen LogP contribution in [0.5, 0.6) is 0 Å². The Morgan fingerprint density at radius 3 is 3.00 bits per heavy atom. The van der Waals surface area contributed by atoms with Crippen molar-refractivity contribution in [2.75, 3.05) is 18.5 Å². The van der Waals surface area contributed by atoms with E-state index in [2.05, 4.69) is 15.6 Å². The van der Waals surface area contributed by atoms with Crippen LogP contribution in [0.4, 0.5) is 10.6 Å². The molecule has 5 nitrogen and oxygen atoms in total. The first-order valence-corrected chi connectivity index (χ1v) is 6.79. The molecule has 0 bridgehead atoms. The van der Waals surface area contributed by atoms with Gasteiger partial charge in [0.15, 0.2) is 0 Å². The number of aryl methyl sites for hydroxylation is 1. The van der Waals surface area contributed by atoms with E-state index in [1.165, 1.54) is 18.4 Å². The van der Waals surface area contributed by atoms with E-state index in [0.29, 0.717) is 19.1 Å². The number of ether oxygens (including phenoxy) is 1. The second-order valence-electron chi connectivity index (χ2n) is 4.91. The molecule has 0 aromatic carbocycles. The van der Waals surface area contributed by atoms with Crippen LogP contribution in [0.1, 0.15) is 25.3 Å². The second-order valence-corrected chi connectivity index (χ2v) is 4.91. The summed E-state index contributed by atoms with van der Waals surface area (Å²) >= 11 is 0.